The Morgan fingerprint density at radius 2 is 1.52 bits per heavy atom. The first-order valence-electron chi connectivity index (χ1n) is 11.3. The van der Waals surface area contributed by atoms with Gasteiger partial charge in [-0.2, -0.15) is 0 Å². The van der Waals surface area contributed by atoms with Crippen molar-refractivity contribution >= 4 is 17.7 Å². The van der Waals surface area contributed by atoms with Gasteiger partial charge < -0.3 is 19.3 Å². The lowest BCUT2D eigenvalue weighted by Gasteiger charge is -2.45. The maximum absolute atomic E-state index is 13.6. The minimum absolute atomic E-state index is 0.0825. The zero-order valence-corrected chi connectivity index (χ0v) is 17.7. The predicted octanol–water partition coefficient (Wildman–Crippen LogP) is 1.12. The summed E-state index contributed by atoms with van der Waals surface area (Å²) < 4.78 is 11.6. The first-order valence-corrected chi connectivity index (χ1v) is 11.3. The monoisotopic (exact) mass is 427 g/mol. The summed E-state index contributed by atoms with van der Waals surface area (Å²) in [6.45, 7) is 3.35. The number of morpholine rings is 1. The first-order chi connectivity index (χ1) is 15.1. The van der Waals surface area contributed by atoms with Crippen molar-refractivity contribution in [1.82, 2.24) is 14.7 Å². The SMILES string of the molecule is O=C(C1CC1)N1CCC2(CC1)OC[C@@H](C(=O)N1CCOCC1)N2C(=O)c1ccccc1. The molecule has 31 heavy (non-hydrogen) atoms. The van der Waals surface area contributed by atoms with Crippen LogP contribution in [0, 0.1) is 5.92 Å². The Morgan fingerprint density at radius 3 is 2.16 bits per heavy atom. The molecule has 0 unspecified atom stereocenters. The highest BCUT2D eigenvalue weighted by Crippen LogP contribution is 2.40. The quantitative estimate of drug-likeness (QED) is 0.722. The zero-order chi connectivity index (χ0) is 21.4. The summed E-state index contributed by atoms with van der Waals surface area (Å²) in [5.74, 6) is 0.124. The van der Waals surface area contributed by atoms with Crippen molar-refractivity contribution in [2.75, 3.05) is 46.0 Å². The molecule has 3 amide bonds. The van der Waals surface area contributed by atoms with Gasteiger partial charge >= 0.3 is 0 Å². The van der Waals surface area contributed by atoms with Crippen LogP contribution in [0.2, 0.25) is 0 Å². The fourth-order valence-corrected chi connectivity index (χ4v) is 4.94. The number of hydrogen-bond donors (Lipinski definition) is 0. The first kappa shape index (κ1) is 20.5. The summed E-state index contributed by atoms with van der Waals surface area (Å²) in [6, 6.07) is 8.41. The number of amides is 3. The predicted molar refractivity (Wildman–Crippen MR) is 111 cm³/mol. The molecule has 1 spiro atoms. The van der Waals surface area contributed by atoms with Crippen LogP contribution in [0.4, 0.5) is 0 Å². The molecule has 3 saturated heterocycles. The summed E-state index contributed by atoms with van der Waals surface area (Å²) in [7, 11) is 0. The van der Waals surface area contributed by atoms with Gasteiger partial charge in [0.25, 0.3) is 5.91 Å². The number of rotatable bonds is 3. The van der Waals surface area contributed by atoms with E-state index in [1.807, 2.05) is 23.1 Å². The van der Waals surface area contributed by atoms with Gasteiger partial charge in [-0.25, -0.2) is 0 Å². The molecular weight excluding hydrogens is 398 g/mol. The molecule has 4 fully saturated rings. The van der Waals surface area contributed by atoms with E-state index in [9.17, 15) is 14.4 Å². The second-order valence-corrected chi connectivity index (χ2v) is 8.85. The maximum atomic E-state index is 13.6. The molecule has 4 aliphatic rings. The Bertz CT molecular complexity index is 842. The third-order valence-electron chi connectivity index (χ3n) is 6.89. The van der Waals surface area contributed by atoms with Crippen LogP contribution in [0.15, 0.2) is 30.3 Å². The van der Waals surface area contributed by atoms with Gasteiger partial charge in [0, 0.05) is 50.5 Å². The lowest BCUT2D eigenvalue weighted by Crippen LogP contribution is -2.60. The van der Waals surface area contributed by atoms with Gasteiger partial charge in [-0.15, -0.1) is 0 Å². The van der Waals surface area contributed by atoms with Crippen LogP contribution in [-0.4, -0.2) is 90.2 Å². The van der Waals surface area contributed by atoms with E-state index < -0.39 is 11.8 Å². The van der Waals surface area contributed by atoms with E-state index in [0.717, 1.165) is 12.8 Å². The molecule has 8 heteroatoms. The third kappa shape index (κ3) is 3.83. The van der Waals surface area contributed by atoms with Gasteiger partial charge in [-0.05, 0) is 25.0 Å². The zero-order valence-electron chi connectivity index (χ0n) is 17.7. The Labute approximate surface area is 182 Å². The molecule has 3 heterocycles. The molecule has 1 atom stereocenters. The number of piperidine rings is 1. The lowest BCUT2D eigenvalue weighted by molar-refractivity contribution is -0.147. The van der Waals surface area contributed by atoms with Crippen molar-refractivity contribution in [1.29, 1.82) is 0 Å². The van der Waals surface area contributed by atoms with Gasteiger partial charge in [-0.1, -0.05) is 18.2 Å². The lowest BCUT2D eigenvalue weighted by atomic mass is 9.96. The number of likely N-dealkylation sites (tertiary alicyclic amines) is 1. The Balaban J connectivity index is 1.40. The van der Waals surface area contributed by atoms with Crippen LogP contribution in [-0.2, 0) is 19.1 Å². The third-order valence-corrected chi connectivity index (χ3v) is 6.89. The molecule has 0 bridgehead atoms. The Kier molecular flexibility index (Phi) is 5.44. The van der Waals surface area contributed by atoms with Crippen LogP contribution in [0.5, 0.6) is 0 Å². The van der Waals surface area contributed by atoms with Crippen molar-refractivity contribution in [3.05, 3.63) is 35.9 Å². The molecule has 0 radical (unpaired) electrons. The number of nitrogens with zero attached hydrogens (tertiary/aromatic N) is 3. The van der Waals surface area contributed by atoms with Crippen molar-refractivity contribution < 1.29 is 23.9 Å². The Hall–Kier alpha value is -2.45. The molecule has 166 valence electrons. The Morgan fingerprint density at radius 1 is 0.871 bits per heavy atom. The molecule has 1 aromatic rings. The number of carbonyl (C=O) groups is 3. The second kappa shape index (κ2) is 8.24. The molecule has 3 aliphatic heterocycles. The van der Waals surface area contributed by atoms with Crippen LogP contribution >= 0.6 is 0 Å². The highest BCUT2D eigenvalue weighted by Gasteiger charge is 2.55. The molecule has 5 rings (SSSR count). The van der Waals surface area contributed by atoms with E-state index in [0.29, 0.717) is 57.8 Å². The van der Waals surface area contributed by atoms with E-state index in [-0.39, 0.29) is 30.2 Å². The molecule has 0 N–H and O–H groups in total. The van der Waals surface area contributed by atoms with Crippen molar-refractivity contribution in [3.8, 4) is 0 Å². The summed E-state index contributed by atoms with van der Waals surface area (Å²) in [5.41, 5.74) is -0.302. The minimum Gasteiger partial charge on any atom is -0.378 e. The van der Waals surface area contributed by atoms with Gasteiger partial charge in [0.05, 0.1) is 19.8 Å². The highest BCUT2D eigenvalue weighted by molar-refractivity contribution is 5.98. The standard InChI is InChI=1S/C23H29N3O5/c27-20(18-6-7-18)24-10-8-23(9-11-24)26(21(28)17-4-2-1-3-5-17)19(16-31-23)22(29)25-12-14-30-15-13-25/h1-5,18-19H,6-16H2/t19-/m0/s1. The van der Waals surface area contributed by atoms with E-state index in [1.165, 1.54) is 0 Å². The smallest absolute Gasteiger partial charge is 0.256 e. The van der Waals surface area contributed by atoms with E-state index in [1.54, 1.807) is 21.9 Å². The van der Waals surface area contributed by atoms with Crippen LogP contribution in [0.1, 0.15) is 36.0 Å². The topological polar surface area (TPSA) is 79.4 Å². The number of carbonyl (C=O) groups excluding carboxylic acids is 3. The molecular formula is C23H29N3O5. The van der Waals surface area contributed by atoms with Crippen molar-refractivity contribution in [3.63, 3.8) is 0 Å². The highest BCUT2D eigenvalue weighted by atomic mass is 16.5. The summed E-state index contributed by atoms with van der Waals surface area (Å²) in [4.78, 5) is 44.9. The number of hydrogen-bond acceptors (Lipinski definition) is 5. The molecule has 0 aromatic heterocycles. The molecule has 1 aromatic carbocycles. The maximum Gasteiger partial charge on any atom is 0.256 e. The van der Waals surface area contributed by atoms with E-state index in [4.69, 9.17) is 9.47 Å². The fraction of sp³-hybridized carbons (Fsp3) is 0.609. The average molecular weight is 428 g/mol. The van der Waals surface area contributed by atoms with Gasteiger partial charge in [-0.3, -0.25) is 19.3 Å². The molecule has 1 saturated carbocycles. The number of ether oxygens (including phenoxy) is 2. The summed E-state index contributed by atoms with van der Waals surface area (Å²) in [5, 5.41) is 0. The number of benzene rings is 1. The largest absolute Gasteiger partial charge is 0.378 e. The fourth-order valence-electron chi connectivity index (χ4n) is 4.94. The van der Waals surface area contributed by atoms with Crippen LogP contribution in [0.25, 0.3) is 0 Å². The van der Waals surface area contributed by atoms with Gasteiger partial charge in [0.1, 0.15) is 11.8 Å². The van der Waals surface area contributed by atoms with Crippen LogP contribution in [0.3, 0.4) is 0 Å². The normalized spacial score (nSPS) is 25.7. The minimum atomic E-state index is -0.847. The summed E-state index contributed by atoms with van der Waals surface area (Å²) >= 11 is 0. The average Bonchev–Trinajstić information content (AvgIpc) is 3.62. The van der Waals surface area contributed by atoms with Gasteiger partial charge in [0.15, 0.2) is 0 Å². The summed E-state index contributed by atoms with van der Waals surface area (Å²) in [6.07, 6.45) is 3.01. The van der Waals surface area contributed by atoms with Crippen LogP contribution < -0.4 is 0 Å². The molecule has 1 aliphatic carbocycles. The second-order valence-electron chi connectivity index (χ2n) is 8.85. The van der Waals surface area contributed by atoms with Crippen molar-refractivity contribution in [2.45, 2.75) is 37.5 Å². The van der Waals surface area contributed by atoms with Crippen molar-refractivity contribution in [2.24, 2.45) is 5.92 Å². The van der Waals surface area contributed by atoms with E-state index >= 15 is 0 Å². The van der Waals surface area contributed by atoms with E-state index in [2.05, 4.69) is 0 Å². The van der Waals surface area contributed by atoms with Gasteiger partial charge in [0.2, 0.25) is 11.8 Å². The molecule has 8 nitrogen and oxygen atoms in total.